The van der Waals surface area contributed by atoms with E-state index in [4.69, 9.17) is 9.47 Å². The predicted molar refractivity (Wildman–Crippen MR) is 75.6 cm³/mol. The number of ether oxygens (including phenoxy) is 2. The molecule has 2 rings (SSSR count). The van der Waals surface area contributed by atoms with E-state index >= 15 is 0 Å². The van der Waals surface area contributed by atoms with Crippen molar-refractivity contribution in [2.24, 2.45) is 5.92 Å². The van der Waals surface area contributed by atoms with Gasteiger partial charge in [-0.25, -0.2) is 0 Å². The number of rotatable bonds is 5. The summed E-state index contributed by atoms with van der Waals surface area (Å²) in [4.78, 5) is 0. The molecule has 0 heterocycles. The maximum Gasteiger partial charge on any atom is 0.122 e. The quantitative estimate of drug-likeness (QED) is 0.888. The zero-order chi connectivity index (χ0) is 13.8. The van der Waals surface area contributed by atoms with Crippen LogP contribution >= 0.6 is 0 Å². The molecular weight excluding hydrogens is 240 g/mol. The summed E-state index contributed by atoms with van der Waals surface area (Å²) >= 11 is 0. The second-order valence-corrected chi connectivity index (χ2v) is 5.37. The molecule has 0 aliphatic heterocycles. The molecule has 0 fully saturated rings. The lowest BCUT2D eigenvalue weighted by Gasteiger charge is -2.33. The van der Waals surface area contributed by atoms with E-state index in [-0.39, 0.29) is 18.8 Å². The first-order valence-corrected chi connectivity index (χ1v) is 7.10. The van der Waals surface area contributed by atoms with Gasteiger partial charge >= 0.3 is 0 Å². The summed E-state index contributed by atoms with van der Waals surface area (Å²) in [5.74, 6) is 1.43. The molecule has 0 radical (unpaired) electrons. The van der Waals surface area contributed by atoms with E-state index in [1.54, 1.807) is 7.11 Å². The first-order chi connectivity index (χ1) is 9.19. The van der Waals surface area contributed by atoms with Crippen LogP contribution in [0, 0.1) is 5.92 Å². The second-order valence-electron chi connectivity index (χ2n) is 5.37. The number of benzene rings is 1. The number of fused-ring (bicyclic) bond motifs is 1. The lowest BCUT2D eigenvalue weighted by Crippen LogP contribution is -2.35. The van der Waals surface area contributed by atoms with Crippen LogP contribution in [0.15, 0.2) is 18.2 Å². The molecular formula is C16H24O3. The van der Waals surface area contributed by atoms with Gasteiger partial charge in [-0.1, -0.05) is 26.0 Å². The molecule has 0 bridgehead atoms. The third kappa shape index (κ3) is 3.10. The van der Waals surface area contributed by atoms with Gasteiger partial charge in [0.2, 0.25) is 0 Å². The Hall–Kier alpha value is -1.06. The molecule has 2 unspecified atom stereocenters. The van der Waals surface area contributed by atoms with Crippen LogP contribution in [0.1, 0.15) is 31.4 Å². The average molecular weight is 264 g/mol. The maximum atomic E-state index is 9.29. The van der Waals surface area contributed by atoms with Crippen molar-refractivity contribution in [3.05, 3.63) is 29.3 Å². The molecule has 1 aliphatic carbocycles. The SMILES string of the molecule is CCC(CO)O[C@@H]1Cc2c(cccc2OC)CC1C. The lowest BCUT2D eigenvalue weighted by atomic mass is 9.82. The predicted octanol–water partition coefficient (Wildman–Crippen LogP) is 2.59. The molecule has 1 N–H and O–H groups in total. The van der Waals surface area contributed by atoms with Crippen LogP contribution in [0.5, 0.6) is 5.75 Å². The smallest absolute Gasteiger partial charge is 0.122 e. The van der Waals surface area contributed by atoms with Gasteiger partial charge < -0.3 is 14.6 Å². The van der Waals surface area contributed by atoms with Crippen LogP contribution < -0.4 is 4.74 Å². The van der Waals surface area contributed by atoms with Crippen LogP contribution in [0.3, 0.4) is 0 Å². The number of methoxy groups -OCH3 is 1. The lowest BCUT2D eigenvalue weighted by molar-refractivity contribution is -0.0649. The minimum atomic E-state index is -0.0521. The molecule has 0 amide bonds. The highest BCUT2D eigenvalue weighted by atomic mass is 16.5. The van der Waals surface area contributed by atoms with Gasteiger partial charge in [0.1, 0.15) is 5.75 Å². The van der Waals surface area contributed by atoms with E-state index in [0.29, 0.717) is 5.92 Å². The standard InChI is InChI=1S/C16H24O3/c1-4-13(10-17)19-16-9-14-12(8-11(16)2)6-5-7-15(14)18-3/h5-7,11,13,16-17H,4,8-10H2,1-3H3/t11?,13?,16-/m1/s1. The summed E-state index contributed by atoms with van der Waals surface area (Å²) < 4.78 is 11.5. The molecule has 106 valence electrons. The highest BCUT2D eigenvalue weighted by molar-refractivity contribution is 5.42. The van der Waals surface area contributed by atoms with Crippen molar-refractivity contribution in [1.82, 2.24) is 0 Å². The zero-order valence-electron chi connectivity index (χ0n) is 12.1. The Balaban J connectivity index is 2.17. The molecule has 0 spiro atoms. The molecule has 0 saturated carbocycles. The fourth-order valence-electron chi connectivity index (χ4n) is 2.80. The molecule has 1 aliphatic rings. The highest BCUT2D eigenvalue weighted by Crippen LogP contribution is 2.33. The van der Waals surface area contributed by atoms with Gasteiger partial charge in [-0.05, 0) is 36.0 Å². The van der Waals surface area contributed by atoms with Crippen LogP contribution in [0.4, 0.5) is 0 Å². The van der Waals surface area contributed by atoms with Gasteiger partial charge in [0.15, 0.2) is 0 Å². The molecule has 3 atom stereocenters. The summed E-state index contributed by atoms with van der Waals surface area (Å²) in [6.07, 6.45) is 2.85. The Morgan fingerprint density at radius 1 is 1.37 bits per heavy atom. The van der Waals surface area contributed by atoms with Gasteiger partial charge in [0, 0.05) is 6.42 Å². The van der Waals surface area contributed by atoms with Gasteiger partial charge in [-0.2, -0.15) is 0 Å². The summed E-state index contributed by atoms with van der Waals surface area (Å²) in [5.41, 5.74) is 2.63. The maximum absolute atomic E-state index is 9.29. The van der Waals surface area contributed by atoms with Gasteiger partial charge in [0.25, 0.3) is 0 Å². The van der Waals surface area contributed by atoms with Crippen molar-refractivity contribution in [3.63, 3.8) is 0 Å². The summed E-state index contributed by atoms with van der Waals surface area (Å²) in [6.45, 7) is 4.36. The van der Waals surface area contributed by atoms with Gasteiger partial charge in [-0.15, -0.1) is 0 Å². The molecule has 1 aromatic rings. The summed E-state index contributed by atoms with van der Waals surface area (Å²) in [6, 6.07) is 6.23. The molecule has 3 heteroatoms. The van der Waals surface area contributed by atoms with Crippen LogP contribution in [-0.4, -0.2) is 31.0 Å². The molecule has 3 nitrogen and oxygen atoms in total. The highest BCUT2D eigenvalue weighted by Gasteiger charge is 2.29. The second kappa shape index (κ2) is 6.40. The summed E-state index contributed by atoms with van der Waals surface area (Å²) in [7, 11) is 1.71. The van der Waals surface area contributed by atoms with Gasteiger partial charge in [0.05, 0.1) is 25.9 Å². The van der Waals surface area contributed by atoms with Crippen LogP contribution in [0.25, 0.3) is 0 Å². The monoisotopic (exact) mass is 264 g/mol. The Labute approximate surface area is 115 Å². The minimum absolute atomic E-state index is 0.0521. The Bertz CT molecular complexity index is 412. The molecule has 0 aromatic heterocycles. The van der Waals surface area contributed by atoms with Crippen molar-refractivity contribution >= 4 is 0 Å². The number of aliphatic hydroxyl groups excluding tert-OH is 1. The van der Waals surface area contributed by atoms with Crippen LogP contribution in [-0.2, 0) is 17.6 Å². The van der Waals surface area contributed by atoms with Crippen molar-refractivity contribution in [1.29, 1.82) is 0 Å². The summed E-state index contributed by atoms with van der Waals surface area (Å²) in [5, 5.41) is 9.29. The topological polar surface area (TPSA) is 38.7 Å². The number of hydrogen-bond donors (Lipinski definition) is 1. The number of aliphatic hydroxyl groups is 1. The molecule has 0 saturated heterocycles. The van der Waals surface area contributed by atoms with E-state index in [1.165, 1.54) is 11.1 Å². The Morgan fingerprint density at radius 2 is 2.16 bits per heavy atom. The fraction of sp³-hybridized carbons (Fsp3) is 0.625. The van der Waals surface area contributed by atoms with E-state index in [1.807, 2.05) is 19.1 Å². The van der Waals surface area contributed by atoms with Gasteiger partial charge in [-0.3, -0.25) is 0 Å². The normalized spacial score (nSPS) is 23.8. The average Bonchev–Trinajstić information content (AvgIpc) is 2.44. The Kier molecular flexibility index (Phi) is 4.83. The Morgan fingerprint density at radius 3 is 2.79 bits per heavy atom. The largest absolute Gasteiger partial charge is 0.496 e. The third-order valence-corrected chi connectivity index (χ3v) is 4.06. The zero-order valence-corrected chi connectivity index (χ0v) is 12.1. The number of hydrogen-bond acceptors (Lipinski definition) is 3. The molecule has 1 aromatic carbocycles. The van der Waals surface area contributed by atoms with Crippen molar-refractivity contribution in [2.75, 3.05) is 13.7 Å². The fourth-order valence-corrected chi connectivity index (χ4v) is 2.80. The first-order valence-electron chi connectivity index (χ1n) is 7.10. The van der Waals surface area contributed by atoms with E-state index in [9.17, 15) is 5.11 Å². The van der Waals surface area contributed by atoms with E-state index in [2.05, 4.69) is 13.0 Å². The minimum Gasteiger partial charge on any atom is -0.496 e. The van der Waals surface area contributed by atoms with E-state index in [0.717, 1.165) is 25.0 Å². The van der Waals surface area contributed by atoms with E-state index < -0.39 is 0 Å². The van der Waals surface area contributed by atoms with Crippen molar-refractivity contribution in [3.8, 4) is 5.75 Å². The van der Waals surface area contributed by atoms with Crippen molar-refractivity contribution < 1.29 is 14.6 Å². The van der Waals surface area contributed by atoms with Crippen LogP contribution in [0.2, 0.25) is 0 Å². The third-order valence-electron chi connectivity index (χ3n) is 4.06. The van der Waals surface area contributed by atoms with Crippen molar-refractivity contribution in [2.45, 2.75) is 45.3 Å². The first kappa shape index (κ1) is 14.4. The molecule has 19 heavy (non-hydrogen) atoms.